The quantitative estimate of drug-likeness (QED) is 0.502. The normalized spacial score (nSPS) is 10.7. The van der Waals surface area contributed by atoms with Crippen LogP contribution in [0.2, 0.25) is 5.02 Å². The maximum atomic E-state index is 12.6. The summed E-state index contributed by atoms with van der Waals surface area (Å²) in [5.74, 6) is -0.202. The fraction of sp³-hybridized carbons (Fsp3) is 0.500. The Kier molecular flexibility index (Phi) is 7.45. The zero-order chi connectivity index (χ0) is 15.8. The van der Waals surface area contributed by atoms with Gasteiger partial charge in [0.15, 0.2) is 0 Å². The maximum absolute atomic E-state index is 12.6. The second-order valence-corrected chi connectivity index (χ2v) is 4.84. The minimum absolute atomic E-state index is 0.202. The molecule has 6 nitrogen and oxygen atoms in total. The molecule has 118 valence electrons. The number of hydrogen-bond donors (Lipinski definition) is 3. The summed E-state index contributed by atoms with van der Waals surface area (Å²) in [4.78, 5) is 12.6. The molecule has 1 aromatic carbocycles. The Labute approximate surface area is 130 Å². The highest BCUT2D eigenvalue weighted by Gasteiger charge is 2.19. The van der Waals surface area contributed by atoms with Gasteiger partial charge < -0.3 is 10.5 Å². The van der Waals surface area contributed by atoms with Crippen molar-refractivity contribution in [3.63, 3.8) is 0 Å². The topological polar surface area (TPSA) is 79.6 Å². The molecule has 0 aliphatic carbocycles. The van der Waals surface area contributed by atoms with Gasteiger partial charge in [-0.15, -0.1) is 0 Å². The number of carbonyl (C=O) groups is 1. The van der Waals surface area contributed by atoms with Crippen LogP contribution in [-0.4, -0.2) is 37.8 Å². The average molecular weight is 315 g/mol. The number of rotatable bonds is 8. The van der Waals surface area contributed by atoms with Crippen molar-refractivity contribution in [2.75, 3.05) is 32.5 Å². The largest absolute Gasteiger partial charge is 0.398 e. The van der Waals surface area contributed by atoms with E-state index in [4.69, 9.17) is 22.1 Å². The molecular formula is C14H23ClN4O2. The molecule has 0 atom stereocenters. The third kappa shape index (κ3) is 4.86. The number of benzene rings is 1. The van der Waals surface area contributed by atoms with E-state index in [-0.39, 0.29) is 5.91 Å². The molecule has 0 fully saturated rings. The monoisotopic (exact) mass is 314 g/mol. The fourth-order valence-corrected chi connectivity index (χ4v) is 2.05. The van der Waals surface area contributed by atoms with Crippen LogP contribution in [0.15, 0.2) is 12.1 Å². The molecule has 1 rings (SSSR count). The molecule has 1 amide bonds. The Morgan fingerprint density at radius 3 is 2.48 bits per heavy atom. The van der Waals surface area contributed by atoms with Crippen molar-refractivity contribution in [2.45, 2.75) is 20.3 Å². The summed E-state index contributed by atoms with van der Waals surface area (Å²) in [5, 5.41) is 1.74. The Balaban J connectivity index is 3.12. The van der Waals surface area contributed by atoms with Gasteiger partial charge in [-0.05, 0) is 24.1 Å². The Morgan fingerprint density at radius 2 is 1.95 bits per heavy atom. The predicted octanol–water partition coefficient (Wildman–Crippen LogP) is 1.60. The van der Waals surface area contributed by atoms with Crippen LogP contribution in [0, 0.1) is 0 Å². The molecule has 0 heterocycles. The summed E-state index contributed by atoms with van der Waals surface area (Å²) < 4.78 is 5.08. The summed E-state index contributed by atoms with van der Waals surface area (Å²) in [5.41, 5.74) is 13.5. The number of ether oxygens (including phenoxy) is 1. The summed E-state index contributed by atoms with van der Waals surface area (Å²) in [7, 11) is 1.62. The Bertz CT molecular complexity index is 476. The van der Waals surface area contributed by atoms with Crippen LogP contribution < -0.4 is 16.6 Å². The number of carbonyl (C=O) groups excluding carboxylic acids is 1. The second-order valence-electron chi connectivity index (χ2n) is 4.44. The first-order valence-electron chi connectivity index (χ1n) is 6.93. The van der Waals surface area contributed by atoms with E-state index in [1.165, 1.54) is 5.12 Å². The van der Waals surface area contributed by atoms with Crippen LogP contribution in [0.4, 0.5) is 5.69 Å². The standard InChI is InChI=1S/C14H23ClN4O2/c1-4-17-19(18-5-2)14(20)11-9-12(15)13(16)8-10(11)6-7-21-3/h8-9,17-18H,4-7,16H2,1-3H3. The van der Waals surface area contributed by atoms with Gasteiger partial charge in [0.25, 0.3) is 5.91 Å². The van der Waals surface area contributed by atoms with Crippen molar-refractivity contribution in [3.8, 4) is 0 Å². The summed E-state index contributed by atoms with van der Waals surface area (Å²) in [6.45, 7) is 5.58. The summed E-state index contributed by atoms with van der Waals surface area (Å²) >= 11 is 6.05. The van der Waals surface area contributed by atoms with E-state index in [9.17, 15) is 4.79 Å². The number of nitrogens with two attached hydrogens (primary N) is 1. The van der Waals surface area contributed by atoms with E-state index in [0.29, 0.717) is 42.4 Å². The zero-order valence-corrected chi connectivity index (χ0v) is 13.5. The number of nitrogens with zero attached hydrogens (tertiary/aromatic N) is 1. The van der Waals surface area contributed by atoms with Crippen molar-refractivity contribution in [3.05, 3.63) is 28.3 Å². The number of halogens is 1. The third-order valence-corrected chi connectivity index (χ3v) is 3.19. The molecule has 1 aromatic rings. The van der Waals surface area contributed by atoms with E-state index >= 15 is 0 Å². The van der Waals surface area contributed by atoms with Crippen LogP contribution in [0.25, 0.3) is 0 Å². The SMILES string of the molecule is CCNN(NCC)C(=O)c1cc(Cl)c(N)cc1CCOC. The van der Waals surface area contributed by atoms with Gasteiger partial charge in [-0.3, -0.25) is 4.79 Å². The Morgan fingerprint density at radius 1 is 1.33 bits per heavy atom. The molecule has 7 heteroatoms. The lowest BCUT2D eigenvalue weighted by Crippen LogP contribution is -2.51. The van der Waals surface area contributed by atoms with Gasteiger partial charge in [0, 0.05) is 25.8 Å². The van der Waals surface area contributed by atoms with E-state index < -0.39 is 0 Å². The van der Waals surface area contributed by atoms with Crippen LogP contribution in [0.3, 0.4) is 0 Å². The molecule has 0 aliphatic rings. The van der Waals surface area contributed by atoms with Crippen molar-refractivity contribution >= 4 is 23.2 Å². The van der Waals surface area contributed by atoms with E-state index in [1.54, 1.807) is 19.2 Å². The van der Waals surface area contributed by atoms with Gasteiger partial charge in [-0.1, -0.05) is 25.4 Å². The lowest BCUT2D eigenvalue weighted by atomic mass is 10.0. The number of hydrogen-bond acceptors (Lipinski definition) is 5. The number of hydrazine groups is 2. The van der Waals surface area contributed by atoms with E-state index in [1.807, 2.05) is 13.8 Å². The van der Waals surface area contributed by atoms with Gasteiger partial charge in [-0.2, -0.15) is 0 Å². The summed E-state index contributed by atoms with van der Waals surface area (Å²) in [6, 6.07) is 3.33. The van der Waals surface area contributed by atoms with Crippen LogP contribution in [0.5, 0.6) is 0 Å². The highest BCUT2D eigenvalue weighted by Crippen LogP contribution is 2.25. The summed E-state index contributed by atoms with van der Waals surface area (Å²) in [6.07, 6.45) is 0.588. The van der Waals surface area contributed by atoms with Gasteiger partial charge >= 0.3 is 0 Å². The highest BCUT2D eigenvalue weighted by molar-refractivity contribution is 6.33. The van der Waals surface area contributed by atoms with Crippen LogP contribution >= 0.6 is 11.6 Å². The van der Waals surface area contributed by atoms with Gasteiger partial charge in [0.05, 0.1) is 17.3 Å². The number of nitrogen functional groups attached to an aromatic ring is 1. The lowest BCUT2D eigenvalue weighted by molar-refractivity contribution is 0.0526. The second kappa shape index (κ2) is 8.84. The van der Waals surface area contributed by atoms with Crippen molar-refractivity contribution in [1.29, 1.82) is 0 Å². The first-order chi connectivity index (χ1) is 10.0. The lowest BCUT2D eigenvalue weighted by Gasteiger charge is -2.24. The Hall–Kier alpha value is -1.34. The number of amides is 1. The van der Waals surface area contributed by atoms with Gasteiger partial charge in [0.2, 0.25) is 0 Å². The molecule has 0 saturated heterocycles. The molecule has 4 N–H and O–H groups in total. The zero-order valence-electron chi connectivity index (χ0n) is 12.7. The molecule has 0 bridgehead atoms. The van der Waals surface area contributed by atoms with Crippen molar-refractivity contribution < 1.29 is 9.53 Å². The maximum Gasteiger partial charge on any atom is 0.283 e. The molecule has 0 aromatic heterocycles. The highest BCUT2D eigenvalue weighted by atomic mass is 35.5. The molecule has 0 unspecified atom stereocenters. The molecule has 0 spiro atoms. The number of methoxy groups -OCH3 is 1. The van der Waals surface area contributed by atoms with Gasteiger partial charge in [0.1, 0.15) is 0 Å². The first-order valence-corrected chi connectivity index (χ1v) is 7.31. The van der Waals surface area contributed by atoms with Crippen molar-refractivity contribution in [2.24, 2.45) is 0 Å². The third-order valence-electron chi connectivity index (χ3n) is 2.86. The van der Waals surface area contributed by atoms with Crippen LogP contribution in [-0.2, 0) is 11.2 Å². The van der Waals surface area contributed by atoms with Gasteiger partial charge in [-0.25, -0.2) is 16.0 Å². The van der Waals surface area contributed by atoms with Crippen molar-refractivity contribution in [1.82, 2.24) is 16.0 Å². The minimum atomic E-state index is -0.202. The average Bonchev–Trinajstić information content (AvgIpc) is 2.47. The smallest absolute Gasteiger partial charge is 0.283 e. The van der Waals surface area contributed by atoms with E-state index in [2.05, 4.69) is 10.9 Å². The van der Waals surface area contributed by atoms with E-state index in [0.717, 1.165) is 5.56 Å². The first kappa shape index (κ1) is 17.7. The molecule has 21 heavy (non-hydrogen) atoms. The molecule has 0 radical (unpaired) electrons. The minimum Gasteiger partial charge on any atom is -0.398 e. The molecule has 0 saturated carbocycles. The molecular weight excluding hydrogens is 292 g/mol. The molecule has 0 aliphatic heterocycles. The van der Waals surface area contributed by atoms with Crippen LogP contribution in [0.1, 0.15) is 29.8 Å². The number of nitrogens with one attached hydrogen (secondary N) is 2. The predicted molar refractivity (Wildman–Crippen MR) is 85.0 cm³/mol. The number of anilines is 1. The fourth-order valence-electron chi connectivity index (χ4n) is 1.89.